The molecule has 0 N–H and O–H groups in total. The molecule has 0 bridgehead atoms. The van der Waals surface area contributed by atoms with Gasteiger partial charge in [-0.3, -0.25) is 9.78 Å². The van der Waals surface area contributed by atoms with E-state index in [1.54, 1.807) is 19.2 Å². The van der Waals surface area contributed by atoms with Crippen molar-refractivity contribution in [1.82, 2.24) is 19.9 Å². The minimum atomic E-state index is -0.506. The maximum atomic E-state index is 14.2. The van der Waals surface area contributed by atoms with Gasteiger partial charge in [0.2, 0.25) is 0 Å². The number of aromatic nitrogens is 4. The van der Waals surface area contributed by atoms with Gasteiger partial charge in [0.05, 0.1) is 36.8 Å². The Morgan fingerprint density at radius 1 is 1.24 bits per heavy atom. The fraction of sp³-hybridized carbons (Fsp3) is 0.400. The first-order valence-corrected chi connectivity index (χ1v) is 9.45. The summed E-state index contributed by atoms with van der Waals surface area (Å²) < 4.78 is 26.5. The fourth-order valence-electron chi connectivity index (χ4n) is 3.61. The van der Waals surface area contributed by atoms with Crippen molar-refractivity contribution in [3.63, 3.8) is 0 Å². The Bertz CT molecular complexity index is 1070. The Morgan fingerprint density at radius 2 is 2.00 bits per heavy atom. The molecule has 1 aliphatic heterocycles. The van der Waals surface area contributed by atoms with Crippen molar-refractivity contribution in [3.05, 3.63) is 58.2 Å². The third-order valence-corrected chi connectivity index (χ3v) is 4.96. The monoisotopic (exact) mass is 399 g/mol. The van der Waals surface area contributed by atoms with Crippen molar-refractivity contribution < 1.29 is 13.7 Å². The molecule has 1 fully saturated rings. The Morgan fingerprint density at radius 3 is 2.69 bits per heavy atom. The summed E-state index contributed by atoms with van der Waals surface area (Å²) in [5, 5.41) is 8.30. The predicted octanol–water partition coefficient (Wildman–Crippen LogP) is 2.40. The molecule has 152 valence electrons. The number of pyridine rings is 1. The van der Waals surface area contributed by atoms with Crippen LogP contribution in [0.5, 0.6) is 0 Å². The van der Waals surface area contributed by atoms with Crippen LogP contribution in [0, 0.1) is 12.7 Å². The summed E-state index contributed by atoms with van der Waals surface area (Å²) in [5.74, 6) is -0.00178. The molecule has 2 unspecified atom stereocenters. The summed E-state index contributed by atoms with van der Waals surface area (Å²) in [5.41, 5.74) is 1.72. The molecule has 0 aromatic carbocycles. The van der Waals surface area contributed by atoms with Gasteiger partial charge in [-0.05, 0) is 26.8 Å². The number of aryl methyl sites for hydroxylation is 1. The van der Waals surface area contributed by atoms with Gasteiger partial charge in [-0.2, -0.15) is 5.10 Å². The van der Waals surface area contributed by atoms with E-state index in [2.05, 4.69) is 20.1 Å². The highest BCUT2D eigenvalue weighted by molar-refractivity contribution is 5.63. The van der Waals surface area contributed by atoms with Crippen LogP contribution >= 0.6 is 0 Å². The van der Waals surface area contributed by atoms with Crippen molar-refractivity contribution in [2.75, 3.05) is 18.0 Å². The molecule has 8 nitrogen and oxygen atoms in total. The maximum Gasteiger partial charge on any atom is 0.269 e. The molecular formula is C20H22FN5O3. The average Bonchev–Trinajstić information content (AvgIpc) is 3.03. The minimum Gasteiger partial charge on any atom is -0.372 e. The number of ether oxygens (including phenoxy) is 1. The lowest BCUT2D eigenvalue weighted by Crippen LogP contribution is -2.46. The molecule has 3 aromatic rings. The van der Waals surface area contributed by atoms with Gasteiger partial charge in [0.25, 0.3) is 5.56 Å². The van der Waals surface area contributed by atoms with Gasteiger partial charge in [-0.1, -0.05) is 5.16 Å². The average molecular weight is 399 g/mol. The first-order chi connectivity index (χ1) is 13.9. The standard InChI is InChI=1S/C20H22FN5O3/c1-12-9-25(10-13(2)28-12)15-6-19(27)26(23-7-15)11-17-14(3)29-24-20(17)16-4-5-22-8-18(16)21/h4-8,12-13H,9-11H2,1-3H3. The van der Waals surface area contributed by atoms with Gasteiger partial charge >= 0.3 is 0 Å². The van der Waals surface area contributed by atoms with Crippen molar-refractivity contribution in [2.45, 2.75) is 39.5 Å². The molecule has 29 heavy (non-hydrogen) atoms. The molecule has 0 amide bonds. The molecule has 4 heterocycles. The van der Waals surface area contributed by atoms with Crippen LogP contribution < -0.4 is 10.5 Å². The molecule has 0 aliphatic carbocycles. The van der Waals surface area contributed by atoms with Crippen molar-refractivity contribution in [1.29, 1.82) is 0 Å². The van der Waals surface area contributed by atoms with E-state index in [4.69, 9.17) is 9.26 Å². The smallest absolute Gasteiger partial charge is 0.269 e. The summed E-state index contributed by atoms with van der Waals surface area (Å²) in [4.78, 5) is 18.6. The van der Waals surface area contributed by atoms with E-state index in [1.165, 1.54) is 16.9 Å². The van der Waals surface area contributed by atoms with E-state index in [1.807, 2.05) is 13.8 Å². The minimum absolute atomic E-state index is 0.0821. The van der Waals surface area contributed by atoms with Crippen LogP contribution in [0.15, 0.2) is 40.0 Å². The zero-order chi connectivity index (χ0) is 20.5. The van der Waals surface area contributed by atoms with Crippen LogP contribution in [-0.2, 0) is 11.3 Å². The van der Waals surface area contributed by atoms with Crippen LogP contribution in [0.4, 0.5) is 10.1 Å². The van der Waals surface area contributed by atoms with E-state index in [0.29, 0.717) is 30.1 Å². The number of morpholine rings is 1. The molecule has 0 spiro atoms. The first kappa shape index (κ1) is 19.3. The van der Waals surface area contributed by atoms with Crippen LogP contribution in [0.2, 0.25) is 0 Å². The lowest BCUT2D eigenvalue weighted by Gasteiger charge is -2.36. The Labute approximate surface area is 166 Å². The number of hydrogen-bond acceptors (Lipinski definition) is 7. The van der Waals surface area contributed by atoms with Crippen LogP contribution in [-0.4, -0.2) is 45.2 Å². The van der Waals surface area contributed by atoms with Crippen LogP contribution in [0.1, 0.15) is 25.2 Å². The van der Waals surface area contributed by atoms with E-state index >= 15 is 0 Å². The Balaban J connectivity index is 1.62. The zero-order valence-electron chi connectivity index (χ0n) is 16.5. The number of rotatable bonds is 4. The van der Waals surface area contributed by atoms with Crippen molar-refractivity contribution in [3.8, 4) is 11.3 Å². The van der Waals surface area contributed by atoms with Gasteiger partial charge in [-0.15, -0.1) is 0 Å². The molecule has 1 aliphatic rings. The second kappa shape index (κ2) is 7.75. The fourth-order valence-corrected chi connectivity index (χ4v) is 3.61. The lowest BCUT2D eigenvalue weighted by molar-refractivity contribution is -0.00525. The normalized spacial score (nSPS) is 19.5. The lowest BCUT2D eigenvalue weighted by atomic mass is 10.1. The predicted molar refractivity (Wildman–Crippen MR) is 104 cm³/mol. The summed E-state index contributed by atoms with van der Waals surface area (Å²) in [6.45, 7) is 7.26. The second-order valence-electron chi connectivity index (χ2n) is 7.29. The van der Waals surface area contributed by atoms with E-state index < -0.39 is 5.82 Å². The highest BCUT2D eigenvalue weighted by atomic mass is 19.1. The van der Waals surface area contributed by atoms with E-state index in [0.717, 1.165) is 11.9 Å². The Kier molecular flexibility index (Phi) is 5.14. The highest BCUT2D eigenvalue weighted by Crippen LogP contribution is 2.27. The molecule has 3 aromatic heterocycles. The molecule has 2 atom stereocenters. The summed E-state index contributed by atoms with van der Waals surface area (Å²) in [6.07, 6.45) is 4.43. The second-order valence-corrected chi connectivity index (χ2v) is 7.29. The van der Waals surface area contributed by atoms with Gasteiger partial charge in [0.15, 0.2) is 5.82 Å². The third-order valence-electron chi connectivity index (χ3n) is 4.96. The molecule has 4 rings (SSSR count). The summed E-state index contributed by atoms with van der Waals surface area (Å²) in [6, 6.07) is 3.09. The first-order valence-electron chi connectivity index (χ1n) is 9.45. The third kappa shape index (κ3) is 3.91. The molecular weight excluding hydrogens is 377 g/mol. The summed E-state index contributed by atoms with van der Waals surface area (Å²) in [7, 11) is 0. The van der Waals surface area contributed by atoms with E-state index in [-0.39, 0.29) is 29.9 Å². The number of anilines is 1. The van der Waals surface area contributed by atoms with E-state index in [9.17, 15) is 9.18 Å². The highest BCUT2D eigenvalue weighted by Gasteiger charge is 2.24. The largest absolute Gasteiger partial charge is 0.372 e. The molecule has 9 heteroatoms. The van der Waals surface area contributed by atoms with Gasteiger partial charge in [-0.25, -0.2) is 9.07 Å². The maximum absolute atomic E-state index is 14.2. The van der Waals surface area contributed by atoms with Gasteiger partial charge in [0.1, 0.15) is 11.5 Å². The van der Waals surface area contributed by atoms with Gasteiger partial charge in [0, 0.05) is 36.5 Å². The van der Waals surface area contributed by atoms with Crippen LogP contribution in [0.25, 0.3) is 11.3 Å². The van der Waals surface area contributed by atoms with Crippen molar-refractivity contribution >= 4 is 5.69 Å². The summed E-state index contributed by atoms with van der Waals surface area (Å²) >= 11 is 0. The number of hydrogen-bond donors (Lipinski definition) is 0. The molecule has 1 saturated heterocycles. The van der Waals surface area contributed by atoms with Gasteiger partial charge < -0.3 is 14.2 Å². The molecule has 0 saturated carbocycles. The Hall–Kier alpha value is -3.07. The topological polar surface area (TPSA) is 86.3 Å². The SMILES string of the molecule is Cc1onc(-c2ccncc2F)c1Cn1ncc(N2CC(C)OC(C)C2)cc1=O. The van der Waals surface area contributed by atoms with Crippen LogP contribution in [0.3, 0.4) is 0 Å². The zero-order valence-corrected chi connectivity index (χ0v) is 16.5. The number of halogens is 1. The quantitative estimate of drug-likeness (QED) is 0.666. The van der Waals surface area contributed by atoms with Crippen molar-refractivity contribution in [2.24, 2.45) is 0 Å². The number of nitrogens with zero attached hydrogens (tertiary/aromatic N) is 5. The molecule has 0 radical (unpaired) electrons.